The third-order valence-electron chi connectivity index (χ3n) is 1.26. The van der Waals surface area contributed by atoms with Crippen molar-refractivity contribution in [1.82, 2.24) is 0 Å². The Kier molecular flexibility index (Phi) is 7.62. The molecule has 0 aliphatic heterocycles. The molecule has 1 rings (SSSR count). The third-order valence-corrected chi connectivity index (χ3v) is 1.26. The van der Waals surface area contributed by atoms with Crippen LogP contribution in [0.5, 0.6) is 0 Å². The van der Waals surface area contributed by atoms with Crippen molar-refractivity contribution in [3.05, 3.63) is 42.3 Å². The van der Waals surface area contributed by atoms with Crippen LogP contribution in [-0.4, -0.2) is 0 Å². The van der Waals surface area contributed by atoms with Crippen LogP contribution in [0.15, 0.2) is 24.3 Å². The van der Waals surface area contributed by atoms with Crippen molar-refractivity contribution in [2.75, 3.05) is 0 Å². The van der Waals surface area contributed by atoms with Crippen LogP contribution in [0, 0.1) is 13.8 Å². The largest absolute Gasteiger partial charge is 2.00 e. The van der Waals surface area contributed by atoms with Crippen molar-refractivity contribution in [3.8, 4) is 0 Å². The van der Waals surface area contributed by atoms with E-state index in [9.17, 15) is 0 Å². The zero-order valence-corrected chi connectivity index (χ0v) is 10.7. The zero-order chi connectivity index (χ0) is 5.98. The SMILES string of the molecule is [Br-].[CH2-]c1ccccc1C.[Zn+2]. The quantitative estimate of drug-likeness (QED) is 0.417. The fourth-order valence-electron chi connectivity index (χ4n) is 0.610. The average Bonchev–Trinajstić information content (AvgIpc) is 1.77. The normalized spacial score (nSPS) is 7.30. The molecule has 1 aromatic carbocycles. The second kappa shape index (κ2) is 5.94. The molecule has 50 valence electrons. The van der Waals surface area contributed by atoms with Gasteiger partial charge in [0.1, 0.15) is 0 Å². The van der Waals surface area contributed by atoms with Gasteiger partial charge in [-0.3, -0.25) is 0 Å². The first-order chi connectivity index (χ1) is 3.80. The maximum absolute atomic E-state index is 3.82. The molecule has 1 aromatic rings. The molecule has 0 nitrogen and oxygen atoms in total. The summed E-state index contributed by atoms with van der Waals surface area (Å²) in [7, 11) is 0. The molecule has 0 atom stereocenters. The minimum atomic E-state index is 0. The summed E-state index contributed by atoms with van der Waals surface area (Å²) in [5.74, 6) is 0. The van der Waals surface area contributed by atoms with Gasteiger partial charge in [0.25, 0.3) is 0 Å². The molecule has 0 N–H and O–H groups in total. The monoisotopic (exact) mass is 248 g/mol. The number of aryl methyl sites for hydroxylation is 1. The first-order valence-electron chi connectivity index (χ1n) is 2.68. The average molecular weight is 250 g/mol. The summed E-state index contributed by atoms with van der Waals surface area (Å²) >= 11 is 0. The molecule has 0 spiro atoms. The summed E-state index contributed by atoms with van der Waals surface area (Å²) in [6.07, 6.45) is 0. The molecule has 0 radical (unpaired) electrons. The van der Waals surface area contributed by atoms with Crippen LogP contribution in [0.25, 0.3) is 0 Å². The zero-order valence-electron chi connectivity index (χ0n) is 6.10. The van der Waals surface area contributed by atoms with Crippen LogP contribution < -0.4 is 17.0 Å². The molecule has 0 fully saturated rings. The van der Waals surface area contributed by atoms with Crippen LogP contribution in [0.3, 0.4) is 0 Å². The second-order valence-electron chi connectivity index (χ2n) is 1.93. The summed E-state index contributed by atoms with van der Waals surface area (Å²) in [5.41, 5.74) is 2.38. The molecule has 0 aliphatic rings. The molecule has 0 bridgehead atoms. The smallest absolute Gasteiger partial charge is 1.00 e. The molecule has 0 heterocycles. The molecule has 0 aromatic heterocycles. The Balaban J connectivity index is 0. The van der Waals surface area contributed by atoms with E-state index in [1.54, 1.807) is 0 Å². The molecule has 0 saturated heterocycles. The summed E-state index contributed by atoms with van der Waals surface area (Å²) in [5, 5.41) is 0. The van der Waals surface area contributed by atoms with Crippen LogP contribution in [-0.2, 0) is 19.5 Å². The number of hydrogen-bond acceptors (Lipinski definition) is 0. The van der Waals surface area contributed by atoms with E-state index in [0.717, 1.165) is 5.56 Å². The van der Waals surface area contributed by atoms with E-state index in [1.807, 2.05) is 18.2 Å². The predicted octanol–water partition coefficient (Wildman–Crippen LogP) is -0.821. The molecule has 0 aliphatic carbocycles. The van der Waals surface area contributed by atoms with Gasteiger partial charge in [-0.05, 0) is 0 Å². The van der Waals surface area contributed by atoms with Gasteiger partial charge < -0.3 is 17.0 Å². The molecular formula is C8H9BrZn. The van der Waals surface area contributed by atoms with E-state index in [4.69, 9.17) is 0 Å². The van der Waals surface area contributed by atoms with Gasteiger partial charge in [0, 0.05) is 0 Å². The summed E-state index contributed by atoms with van der Waals surface area (Å²) in [6, 6.07) is 8.08. The topological polar surface area (TPSA) is 0 Å². The first kappa shape index (κ1) is 12.8. The Morgan fingerprint density at radius 3 is 2.00 bits per heavy atom. The maximum Gasteiger partial charge on any atom is 2.00 e. The van der Waals surface area contributed by atoms with Crippen molar-refractivity contribution >= 4 is 0 Å². The summed E-state index contributed by atoms with van der Waals surface area (Å²) in [6.45, 7) is 5.88. The number of benzene rings is 1. The standard InChI is InChI=1S/C8H9.BrH.Zn/c1-7-5-3-4-6-8(7)2;;/h3-6H,1H2,2H3;1H;/q-1;;+2/p-1. The van der Waals surface area contributed by atoms with E-state index in [1.165, 1.54) is 5.56 Å². The van der Waals surface area contributed by atoms with Crippen LogP contribution >= 0.6 is 0 Å². The molecule has 10 heavy (non-hydrogen) atoms. The van der Waals surface area contributed by atoms with E-state index < -0.39 is 0 Å². The van der Waals surface area contributed by atoms with Crippen LogP contribution in [0.2, 0.25) is 0 Å². The van der Waals surface area contributed by atoms with Gasteiger partial charge in [0.2, 0.25) is 0 Å². The molecule has 0 amide bonds. The van der Waals surface area contributed by atoms with Gasteiger partial charge in [0.15, 0.2) is 0 Å². The van der Waals surface area contributed by atoms with E-state index >= 15 is 0 Å². The van der Waals surface area contributed by atoms with Gasteiger partial charge in [0.05, 0.1) is 0 Å². The maximum atomic E-state index is 3.82. The van der Waals surface area contributed by atoms with Crippen LogP contribution in [0.4, 0.5) is 0 Å². The van der Waals surface area contributed by atoms with Gasteiger partial charge in [-0.25, -0.2) is 0 Å². The Morgan fingerprint density at radius 2 is 1.70 bits per heavy atom. The van der Waals surface area contributed by atoms with E-state index in [-0.39, 0.29) is 36.5 Å². The van der Waals surface area contributed by atoms with Crippen molar-refractivity contribution in [3.63, 3.8) is 0 Å². The molecule has 0 unspecified atom stereocenters. The Labute approximate surface area is 85.6 Å². The summed E-state index contributed by atoms with van der Waals surface area (Å²) in [4.78, 5) is 0. The fraction of sp³-hybridized carbons (Fsp3) is 0.125. The number of hydrogen-bond donors (Lipinski definition) is 0. The van der Waals surface area contributed by atoms with Gasteiger partial charge in [-0.2, -0.15) is 24.1 Å². The van der Waals surface area contributed by atoms with E-state index in [0.29, 0.717) is 0 Å². The first-order valence-corrected chi connectivity index (χ1v) is 2.68. The molecule has 2 heteroatoms. The van der Waals surface area contributed by atoms with Gasteiger partial charge >= 0.3 is 19.5 Å². The van der Waals surface area contributed by atoms with Crippen LogP contribution in [0.1, 0.15) is 11.1 Å². The van der Waals surface area contributed by atoms with Crippen molar-refractivity contribution < 1.29 is 36.5 Å². The van der Waals surface area contributed by atoms with Gasteiger partial charge in [-0.1, -0.05) is 13.0 Å². The van der Waals surface area contributed by atoms with Gasteiger partial charge in [-0.15, -0.1) is 12.1 Å². The Hall–Kier alpha value is 0.193. The minimum absolute atomic E-state index is 0. The Morgan fingerprint density at radius 1 is 1.20 bits per heavy atom. The molecule has 0 saturated carbocycles. The number of halogens is 1. The number of rotatable bonds is 0. The Bertz CT molecular complexity index is 165. The fourth-order valence-corrected chi connectivity index (χ4v) is 0.610. The second-order valence-corrected chi connectivity index (χ2v) is 1.93. The van der Waals surface area contributed by atoms with Crippen molar-refractivity contribution in [2.45, 2.75) is 6.92 Å². The minimum Gasteiger partial charge on any atom is -1.00 e. The predicted molar refractivity (Wildman–Crippen MR) is 35.6 cm³/mol. The summed E-state index contributed by atoms with van der Waals surface area (Å²) < 4.78 is 0. The van der Waals surface area contributed by atoms with E-state index in [2.05, 4.69) is 19.9 Å². The third kappa shape index (κ3) is 3.38. The van der Waals surface area contributed by atoms with Crippen molar-refractivity contribution in [2.24, 2.45) is 0 Å². The van der Waals surface area contributed by atoms with Crippen molar-refractivity contribution in [1.29, 1.82) is 0 Å². The molecular weight excluding hydrogens is 241 g/mol.